The normalized spacial score (nSPS) is 11.1. The van der Waals surface area contributed by atoms with Crippen molar-refractivity contribution < 1.29 is 14.3 Å². The number of nitrogens with zero attached hydrogens (tertiary/aromatic N) is 1. The van der Waals surface area contributed by atoms with Crippen LogP contribution in [0.25, 0.3) is 6.08 Å². The van der Waals surface area contributed by atoms with Crippen LogP contribution >= 0.6 is 39.1 Å². The van der Waals surface area contributed by atoms with Crippen LogP contribution in [0.3, 0.4) is 0 Å². The lowest BCUT2D eigenvalue weighted by molar-refractivity contribution is -0.112. The third kappa shape index (κ3) is 7.02. The average molecular weight is 574 g/mol. The second-order valence-electron chi connectivity index (χ2n) is 7.71. The van der Waals surface area contributed by atoms with E-state index < -0.39 is 5.91 Å². The Hall–Kier alpha value is -2.98. The number of carbonyl (C=O) groups excluding carboxylic acids is 1. The van der Waals surface area contributed by atoms with Crippen LogP contribution < -0.4 is 14.8 Å². The number of anilines is 1. The fraction of sp³-hybridized carbons (Fsp3) is 0.185. The van der Waals surface area contributed by atoms with E-state index in [-0.39, 0.29) is 12.2 Å². The van der Waals surface area contributed by atoms with Crippen LogP contribution in [-0.4, -0.2) is 12.5 Å². The second kappa shape index (κ2) is 12.1. The highest BCUT2D eigenvalue weighted by molar-refractivity contribution is 9.10. The molecule has 0 aliphatic rings. The molecule has 1 amide bonds. The molecule has 0 aliphatic heterocycles. The first kappa shape index (κ1) is 26.6. The molecule has 0 saturated carbocycles. The Morgan fingerprint density at radius 2 is 1.86 bits per heavy atom. The molecule has 0 atom stereocenters. The Kier molecular flexibility index (Phi) is 9.22. The number of nitrogens with one attached hydrogen (secondary N) is 1. The molecule has 0 aromatic heterocycles. The molecule has 180 valence electrons. The Morgan fingerprint density at radius 3 is 2.51 bits per heavy atom. The minimum absolute atomic E-state index is 0.0424. The van der Waals surface area contributed by atoms with Crippen molar-refractivity contribution in [3.63, 3.8) is 0 Å². The fourth-order valence-electron chi connectivity index (χ4n) is 3.20. The van der Waals surface area contributed by atoms with Crippen molar-refractivity contribution in [2.45, 2.75) is 27.4 Å². The van der Waals surface area contributed by atoms with Gasteiger partial charge < -0.3 is 14.8 Å². The molecule has 0 radical (unpaired) electrons. The summed E-state index contributed by atoms with van der Waals surface area (Å²) >= 11 is 15.7. The number of aryl methyl sites for hydroxylation is 2. The van der Waals surface area contributed by atoms with E-state index in [0.717, 1.165) is 16.7 Å². The van der Waals surface area contributed by atoms with E-state index in [1.54, 1.807) is 36.4 Å². The first-order valence-electron chi connectivity index (χ1n) is 10.7. The van der Waals surface area contributed by atoms with Crippen LogP contribution in [-0.2, 0) is 11.4 Å². The van der Waals surface area contributed by atoms with Crippen LogP contribution in [0.5, 0.6) is 11.5 Å². The van der Waals surface area contributed by atoms with E-state index >= 15 is 0 Å². The molecule has 1 N–H and O–H groups in total. The number of benzene rings is 3. The fourth-order valence-corrected chi connectivity index (χ4v) is 4.23. The lowest BCUT2D eigenvalue weighted by atomic mass is 10.1. The minimum Gasteiger partial charge on any atom is -0.490 e. The molecule has 3 aromatic carbocycles. The van der Waals surface area contributed by atoms with Gasteiger partial charge >= 0.3 is 0 Å². The molecule has 0 unspecified atom stereocenters. The van der Waals surface area contributed by atoms with Gasteiger partial charge in [0.2, 0.25) is 0 Å². The summed E-state index contributed by atoms with van der Waals surface area (Å²) in [6.45, 7) is 6.41. The maximum absolute atomic E-state index is 12.7. The molecular formula is C27H23BrCl2N2O3. The van der Waals surface area contributed by atoms with Gasteiger partial charge in [0, 0.05) is 21.3 Å². The maximum Gasteiger partial charge on any atom is 0.266 e. The van der Waals surface area contributed by atoms with Crippen molar-refractivity contribution in [2.75, 3.05) is 11.9 Å². The quantitative estimate of drug-likeness (QED) is 0.219. The lowest BCUT2D eigenvalue weighted by Gasteiger charge is -2.15. The second-order valence-corrected chi connectivity index (χ2v) is 9.41. The molecule has 3 rings (SSSR count). The minimum atomic E-state index is -0.498. The lowest BCUT2D eigenvalue weighted by Crippen LogP contribution is -2.13. The standard InChI is InChI=1S/C27H23BrCl2N2O3/c1-4-34-25-12-18(10-20(14-31)27(33)32-22-8-5-16(2)17(3)9-22)11-23(28)26(25)35-15-19-6-7-21(29)13-24(19)30/h5-13H,4,15H2,1-3H3,(H,32,33)/b20-10+. The van der Waals surface area contributed by atoms with Gasteiger partial charge in [0.05, 0.1) is 11.1 Å². The van der Waals surface area contributed by atoms with Crippen molar-refractivity contribution in [1.29, 1.82) is 5.26 Å². The molecule has 5 nitrogen and oxygen atoms in total. The van der Waals surface area contributed by atoms with Crippen molar-refractivity contribution in [3.8, 4) is 17.6 Å². The number of rotatable bonds is 8. The molecule has 35 heavy (non-hydrogen) atoms. The molecule has 8 heteroatoms. The van der Waals surface area contributed by atoms with Crippen LogP contribution in [0.1, 0.15) is 29.2 Å². The third-order valence-electron chi connectivity index (χ3n) is 5.16. The molecule has 0 fully saturated rings. The van der Waals surface area contributed by atoms with E-state index in [4.69, 9.17) is 32.7 Å². The van der Waals surface area contributed by atoms with Crippen LogP contribution in [0.4, 0.5) is 5.69 Å². The van der Waals surface area contributed by atoms with Gasteiger partial charge in [-0.25, -0.2) is 0 Å². The molecule has 0 spiro atoms. The third-order valence-corrected chi connectivity index (χ3v) is 6.34. The number of carbonyl (C=O) groups is 1. The molecule has 3 aromatic rings. The van der Waals surface area contributed by atoms with Crippen LogP contribution in [0.2, 0.25) is 10.0 Å². The molecular weight excluding hydrogens is 551 g/mol. The number of nitriles is 1. The van der Waals surface area contributed by atoms with E-state index in [2.05, 4.69) is 21.2 Å². The van der Waals surface area contributed by atoms with Crippen molar-refractivity contribution in [3.05, 3.63) is 90.9 Å². The zero-order chi connectivity index (χ0) is 25.5. The number of hydrogen-bond acceptors (Lipinski definition) is 4. The van der Waals surface area contributed by atoms with E-state index in [9.17, 15) is 10.1 Å². The Bertz CT molecular complexity index is 1330. The summed E-state index contributed by atoms with van der Waals surface area (Å²) < 4.78 is 12.4. The Labute approximate surface area is 223 Å². The highest BCUT2D eigenvalue weighted by atomic mass is 79.9. The van der Waals surface area contributed by atoms with E-state index in [1.807, 2.05) is 39.0 Å². The van der Waals surface area contributed by atoms with Crippen molar-refractivity contribution in [1.82, 2.24) is 0 Å². The molecule has 0 aliphatic carbocycles. The van der Waals surface area contributed by atoms with Gasteiger partial charge in [-0.1, -0.05) is 35.3 Å². The smallest absolute Gasteiger partial charge is 0.266 e. The molecule has 0 heterocycles. The number of halogens is 3. The number of hydrogen-bond donors (Lipinski definition) is 1. The summed E-state index contributed by atoms with van der Waals surface area (Å²) in [5.41, 5.74) is 4.12. The predicted octanol–water partition coefficient (Wildman–Crippen LogP) is 7.90. The summed E-state index contributed by atoms with van der Waals surface area (Å²) in [6, 6.07) is 16.2. The van der Waals surface area contributed by atoms with Gasteiger partial charge in [0.25, 0.3) is 5.91 Å². The highest BCUT2D eigenvalue weighted by Gasteiger charge is 2.15. The Balaban J connectivity index is 1.85. The molecule has 0 saturated heterocycles. The SMILES string of the molecule is CCOc1cc(/C=C(\C#N)C(=O)Nc2ccc(C)c(C)c2)cc(Br)c1OCc1ccc(Cl)cc1Cl. The van der Waals surface area contributed by atoms with Gasteiger partial charge in [0.15, 0.2) is 11.5 Å². The summed E-state index contributed by atoms with van der Waals surface area (Å²) in [4.78, 5) is 12.7. The van der Waals surface area contributed by atoms with Crippen LogP contribution in [0, 0.1) is 25.2 Å². The monoisotopic (exact) mass is 572 g/mol. The zero-order valence-corrected chi connectivity index (χ0v) is 22.5. The summed E-state index contributed by atoms with van der Waals surface area (Å²) in [6.07, 6.45) is 1.50. The van der Waals surface area contributed by atoms with Crippen LogP contribution in [0.15, 0.2) is 58.6 Å². The average Bonchev–Trinajstić information content (AvgIpc) is 2.80. The van der Waals surface area contributed by atoms with Crippen molar-refractivity contribution >= 4 is 56.8 Å². The van der Waals surface area contributed by atoms with Gasteiger partial charge in [-0.15, -0.1) is 0 Å². The maximum atomic E-state index is 12.7. The number of amides is 1. The first-order chi connectivity index (χ1) is 16.7. The van der Waals surface area contributed by atoms with E-state index in [1.165, 1.54) is 6.08 Å². The first-order valence-corrected chi connectivity index (χ1v) is 12.3. The zero-order valence-electron chi connectivity index (χ0n) is 19.4. The topological polar surface area (TPSA) is 71.3 Å². The van der Waals surface area contributed by atoms with Gasteiger partial charge in [0.1, 0.15) is 18.2 Å². The largest absolute Gasteiger partial charge is 0.490 e. The van der Waals surface area contributed by atoms with Gasteiger partial charge in [-0.05, 0) is 95.9 Å². The number of ether oxygens (including phenoxy) is 2. The van der Waals surface area contributed by atoms with Gasteiger partial charge in [-0.2, -0.15) is 5.26 Å². The van der Waals surface area contributed by atoms with E-state index in [0.29, 0.717) is 43.9 Å². The Morgan fingerprint density at radius 1 is 1.09 bits per heavy atom. The van der Waals surface area contributed by atoms with Crippen molar-refractivity contribution in [2.24, 2.45) is 0 Å². The van der Waals surface area contributed by atoms with Gasteiger partial charge in [-0.3, -0.25) is 4.79 Å². The predicted molar refractivity (Wildman–Crippen MR) is 144 cm³/mol. The summed E-state index contributed by atoms with van der Waals surface area (Å²) in [5.74, 6) is 0.445. The highest BCUT2D eigenvalue weighted by Crippen LogP contribution is 2.38. The molecule has 0 bridgehead atoms. The summed E-state index contributed by atoms with van der Waals surface area (Å²) in [7, 11) is 0. The summed E-state index contributed by atoms with van der Waals surface area (Å²) in [5, 5.41) is 13.4.